The quantitative estimate of drug-likeness (QED) is 0.810. The van der Waals surface area contributed by atoms with Crippen LogP contribution in [0.5, 0.6) is 0 Å². The van der Waals surface area contributed by atoms with Gasteiger partial charge >= 0.3 is 0 Å². The summed E-state index contributed by atoms with van der Waals surface area (Å²) in [6, 6.07) is 6.12. The molecule has 1 fully saturated rings. The molecule has 1 amide bonds. The molecule has 2 heterocycles. The number of nitrogens with zero attached hydrogens (tertiary/aromatic N) is 4. The maximum atomic E-state index is 13.5. The third kappa shape index (κ3) is 4.50. The number of rotatable bonds is 4. The molecule has 1 atom stereocenters. The molecule has 0 N–H and O–H groups in total. The van der Waals surface area contributed by atoms with Gasteiger partial charge in [-0.25, -0.2) is 14.4 Å². The summed E-state index contributed by atoms with van der Waals surface area (Å²) in [5, 5.41) is 0. The van der Waals surface area contributed by atoms with E-state index >= 15 is 0 Å². The van der Waals surface area contributed by atoms with Crippen LogP contribution >= 0.6 is 0 Å². The zero-order valence-corrected chi connectivity index (χ0v) is 16.2. The highest BCUT2D eigenvalue weighted by atomic mass is 19.1. The van der Waals surface area contributed by atoms with Crippen molar-refractivity contribution >= 4 is 11.6 Å². The minimum absolute atomic E-state index is 0.0199. The normalized spacial score (nSPS) is 16.7. The first-order chi connectivity index (χ1) is 12.9. The van der Waals surface area contributed by atoms with E-state index in [0.717, 1.165) is 31.5 Å². The van der Waals surface area contributed by atoms with Crippen molar-refractivity contribution < 1.29 is 9.18 Å². The van der Waals surface area contributed by atoms with Crippen LogP contribution in [0.4, 0.5) is 10.1 Å². The Hall–Kier alpha value is -2.34. The summed E-state index contributed by atoms with van der Waals surface area (Å²) in [5.74, 6) is -0.340. The summed E-state index contributed by atoms with van der Waals surface area (Å²) < 4.78 is 13.5. The molecule has 1 aromatic heterocycles. The molecule has 5 nitrogen and oxygen atoms in total. The number of hydrogen-bond acceptors (Lipinski definition) is 4. The summed E-state index contributed by atoms with van der Waals surface area (Å²) in [6.45, 7) is 7.51. The van der Waals surface area contributed by atoms with Crippen molar-refractivity contribution in [2.24, 2.45) is 5.41 Å². The van der Waals surface area contributed by atoms with E-state index in [1.54, 1.807) is 29.4 Å². The molecule has 1 unspecified atom stereocenters. The Morgan fingerprint density at radius 3 is 2.22 bits per heavy atom. The summed E-state index contributed by atoms with van der Waals surface area (Å²) >= 11 is 0. The van der Waals surface area contributed by atoms with Gasteiger partial charge in [-0.2, -0.15) is 0 Å². The molecule has 0 bridgehead atoms. The topological polar surface area (TPSA) is 49.3 Å². The maximum Gasteiger partial charge on any atom is 0.233 e. The standard InChI is InChI=1S/C21H27FN4O/c1-21(2,3)20(27)26(18-9-7-17(22)8-10-18)19(16-13-23-15-24-14-16)25-11-5-4-6-12-25/h7-10,13-15,19H,4-6,11-12H2,1-3H3. The van der Waals surface area contributed by atoms with Gasteiger partial charge in [-0.1, -0.05) is 27.2 Å². The molecule has 0 aliphatic carbocycles. The van der Waals surface area contributed by atoms with Crippen molar-refractivity contribution in [1.29, 1.82) is 0 Å². The second-order valence-electron chi connectivity index (χ2n) is 8.04. The smallest absolute Gasteiger partial charge is 0.233 e. The van der Waals surface area contributed by atoms with Crippen molar-refractivity contribution in [1.82, 2.24) is 14.9 Å². The lowest BCUT2D eigenvalue weighted by atomic mass is 9.93. The molecule has 1 aromatic carbocycles. The number of amides is 1. The average molecular weight is 370 g/mol. The molecule has 1 saturated heterocycles. The van der Waals surface area contributed by atoms with Crippen molar-refractivity contribution in [3.8, 4) is 0 Å². The molecular weight excluding hydrogens is 343 g/mol. The number of anilines is 1. The lowest BCUT2D eigenvalue weighted by molar-refractivity contribution is -0.127. The number of likely N-dealkylation sites (tertiary alicyclic amines) is 1. The van der Waals surface area contributed by atoms with E-state index in [1.807, 2.05) is 20.8 Å². The number of aromatic nitrogens is 2. The Kier molecular flexibility index (Phi) is 5.85. The highest BCUT2D eigenvalue weighted by Gasteiger charge is 2.37. The van der Waals surface area contributed by atoms with Gasteiger partial charge in [0, 0.05) is 42.1 Å². The summed E-state index contributed by atoms with van der Waals surface area (Å²) in [6.07, 6.45) is 8.07. The van der Waals surface area contributed by atoms with Crippen LogP contribution in [0.1, 0.15) is 51.8 Å². The number of piperidine rings is 1. The van der Waals surface area contributed by atoms with Gasteiger partial charge < -0.3 is 0 Å². The Labute approximate surface area is 160 Å². The molecule has 6 heteroatoms. The molecule has 1 aliphatic heterocycles. The fourth-order valence-electron chi connectivity index (χ4n) is 3.46. The third-order valence-corrected chi connectivity index (χ3v) is 4.82. The second-order valence-corrected chi connectivity index (χ2v) is 8.04. The summed E-state index contributed by atoms with van der Waals surface area (Å²) in [7, 11) is 0. The SMILES string of the molecule is CC(C)(C)C(=O)N(c1ccc(F)cc1)C(c1cncnc1)N1CCCCC1. The molecule has 144 valence electrons. The van der Waals surface area contributed by atoms with Gasteiger partial charge in [0.25, 0.3) is 0 Å². The van der Waals surface area contributed by atoms with Gasteiger partial charge in [-0.15, -0.1) is 0 Å². The molecule has 0 radical (unpaired) electrons. The van der Waals surface area contributed by atoms with E-state index in [4.69, 9.17) is 0 Å². The van der Waals surface area contributed by atoms with E-state index in [-0.39, 0.29) is 17.9 Å². The molecule has 1 aliphatic rings. The lowest BCUT2D eigenvalue weighted by Gasteiger charge is -2.43. The molecule has 27 heavy (non-hydrogen) atoms. The Morgan fingerprint density at radius 2 is 1.67 bits per heavy atom. The van der Waals surface area contributed by atoms with Crippen molar-refractivity contribution in [2.75, 3.05) is 18.0 Å². The number of halogens is 1. The summed E-state index contributed by atoms with van der Waals surface area (Å²) in [5.41, 5.74) is 0.954. The van der Waals surface area contributed by atoms with Crippen LogP contribution in [0.2, 0.25) is 0 Å². The van der Waals surface area contributed by atoms with Crippen LogP contribution in [-0.2, 0) is 4.79 Å². The maximum absolute atomic E-state index is 13.5. The summed E-state index contributed by atoms with van der Waals surface area (Å²) in [4.78, 5) is 25.9. The van der Waals surface area contributed by atoms with E-state index in [1.165, 1.54) is 24.9 Å². The van der Waals surface area contributed by atoms with Gasteiger partial charge in [0.05, 0.1) is 0 Å². The van der Waals surface area contributed by atoms with Crippen LogP contribution in [-0.4, -0.2) is 33.9 Å². The van der Waals surface area contributed by atoms with Gasteiger partial charge in [0.1, 0.15) is 18.3 Å². The second kappa shape index (κ2) is 8.13. The molecule has 0 saturated carbocycles. The van der Waals surface area contributed by atoms with E-state index in [9.17, 15) is 9.18 Å². The van der Waals surface area contributed by atoms with Crippen LogP contribution in [0.25, 0.3) is 0 Å². The largest absolute Gasteiger partial charge is 0.291 e. The highest BCUT2D eigenvalue weighted by molar-refractivity contribution is 5.97. The minimum Gasteiger partial charge on any atom is -0.291 e. The Bertz CT molecular complexity index is 752. The van der Waals surface area contributed by atoms with Gasteiger partial charge in [-0.3, -0.25) is 14.6 Å². The van der Waals surface area contributed by atoms with Crippen LogP contribution < -0.4 is 4.90 Å². The van der Waals surface area contributed by atoms with E-state index < -0.39 is 5.41 Å². The zero-order valence-electron chi connectivity index (χ0n) is 16.2. The Balaban J connectivity index is 2.11. The number of carbonyl (C=O) groups excluding carboxylic acids is 1. The number of benzene rings is 1. The molecule has 0 spiro atoms. The molecule has 3 rings (SSSR count). The zero-order chi connectivity index (χ0) is 19.4. The van der Waals surface area contributed by atoms with Crippen LogP contribution in [0.15, 0.2) is 43.0 Å². The molecule has 2 aromatic rings. The highest BCUT2D eigenvalue weighted by Crippen LogP contribution is 2.35. The van der Waals surface area contributed by atoms with Crippen LogP contribution in [0, 0.1) is 11.2 Å². The predicted octanol–water partition coefficient (Wildman–Crippen LogP) is 4.18. The number of carbonyl (C=O) groups is 1. The predicted molar refractivity (Wildman–Crippen MR) is 104 cm³/mol. The van der Waals surface area contributed by atoms with Crippen molar-refractivity contribution in [2.45, 2.75) is 46.2 Å². The minimum atomic E-state index is -0.585. The van der Waals surface area contributed by atoms with Crippen molar-refractivity contribution in [3.05, 3.63) is 54.4 Å². The fraction of sp³-hybridized carbons (Fsp3) is 0.476. The van der Waals surface area contributed by atoms with E-state index in [0.29, 0.717) is 5.69 Å². The van der Waals surface area contributed by atoms with Gasteiger partial charge in [0.2, 0.25) is 5.91 Å². The van der Waals surface area contributed by atoms with Crippen molar-refractivity contribution in [3.63, 3.8) is 0 Å². The first-order valence-electron chi connectivity index (χ1n) is 9.46. The Morgan fingerprint density at radius 1 is 1.07 bits per heavy atom. The van der Waals surface area contributed by atoms with Crippen LogP contribution in [0.3, 0.4) is 0 Å². The van der Waals surface area contributed by atoms with Gasteiger partial charge in [-0.05, 0) is 37.1 Å². The average Bonchev–Trinajstić information content (AvgIpc) is 2.67. The monoisotopic (exact) mass is 370 g/mol. The first-order valence-corrected chi connectivity index (χ1v) is 9.46. The third-order valence-electron chi connectivity index (χ3n) is 4.82. The molecular formula is C21H27FN4O. The fourth-order valence-corrected chi connectivity index (χ4v) is 3.46. The lowest BCUT2D eigenvalue weighted by Crippen LogP contribution is -2.50. The van der Waals surface area contributed by atoms with E-state index in [2.05, 4.69) is 14.9 Å². The first kappa shape index (κ1) is 19.4. The number of hydrogen-bond donors (Lipinski definition) is 0. The van der Waals surface area contributed by atoms with Gasteiger partial charge in [0.15, 0.2) is 0 Å².